The van der Waals surface area contributed by atoms with Crippen molar-refractivity contribution in [3.63, 3.8) is 0 Å². The molecular formula is C23H18F2N6. The van der Waals surface area contributed by atoms with E-state index < -0.39 is 11.6 Å². The van der Waals surface area contributed by atoms with Crippen molar-refractivity contribution >= 4 is 6.21 Å². The van der Waals surface area contributed by atoms with E-state index >= 15 is 0 Å². The Morgan fingerprint density at radius 3 is 2.61 bits per heavy atom. The van der Waals surface area contributed by atoms with Gasteiger partial charge in [-0.15, -0.1) is 0 Å². The Morgan fingerprint density at radius 1 is 1.00 bits per heavy atom. The molecule has 154 valence electrons. The van der Waals surface area contributed by atoms with E-state index in [4.69, 9.17) is 0 Å². The summed E-state index contributed by atoms with van der Waals surface area (Å²) in [5, 5.41) is 14.8. The number of aryl methyl sites for hydroxylation is 1. The van der Waals surface area contributed by atoms with Crippen molar-refractivity contribution in [2.75, 3.05) is 0 Å². The van der Waals surface area contributed by atoms with Gasteiger partial charge in [-0.1, -0.05) is 35.9 Å². The molecule has 1 aliphatic rings. The molecule has 0 saturated heterocycles. The Labute approximate surface area is 177 Å². The lowest BCUT2D eigenvalue weighted by atomic mass is 10.1. The van der Waals surface area contributed by atoms with Crippen LogP contribution in [-0.4, -0.2) is 31.4 Å². The van der Waals surface area contributed by atoms with Gasteiger partial charge < -0.3 is 4.98 Å². The highest BCUT2D eigenvalue weighted by molar-refractivity contribution is 5.80. The zero-order valence-electron chi connectivity index (χ0n) is 16.7. The average molecular weight is 416 g/mol. The third-order valence-electron chi connectivity index (χ3n) is 5.11. The summed E-state index contributed by atoms with van der Waals surface area (Å²) in [6.07, 6.45) is 1.63. The molecule has 0 aliphatic carbocycles. The predicted octanol–water partition coefficient (Wildman–Crippen LogP) is 4.47. The van der Waals surface area contributed by atoms with Crippen LogP contribution in [0.25, 0.3) is 22.6 Å². The Morgan fingerprint density at radius 2 is 1.84 bits per heavy atom. The van der Waals surface area contributed by atoms with E-state index in [1.165, 1.54) is 17.7 Å². The molecule has 3 heterocycles. The molecule has 8 heteroatoms. The van der Waals surface area contributed by atoms with Gasteiger partial charge in [-0.25, -0.2) is 13.8 Å². The molecule has 2 aromatic heterocycles. The quantitative estimate of drug-likeness (QED) is 0.533. The minimum absolute atomic E-state index is 0.0897. The van der Waals surface area contributed by atoms with E-state index in [1.54, 1.807) is 11.2 Å². The topological polar surface area (TPSA) is 70.1 Å². The molecule has 4 aromatic rings. The Kier molecular flexibility index (Phi) is 4.74. The normalized spacial score (nSPS) is 12.8. The lowest BCUT2D eigenvalue weighted by molar-refractivity contribution is 0.261. The first-order valence-electron chi connectivity index (χ1n) is 9.78. The van der Waals surface area contributed by atoms with Gasteiger partial charge in [-0.05, 0) is 31.2 Å². The van der Waals surface area contributed by atoms with Crippen LogP contribution in [0.3, 0.4) is 0 Å². The van der Waals surface area contributed by atoms with Crippen LogP contribution >= 0.6 is 0 Å². The summed E-state index contributed by atoms with van der Waals surface area (Å²) >= 11 is 0. The summed E-state index contributed by atoms with van der Waals surface area (Å²) in [4.78, 5) is 7.45. The van der Waals surface area contributed by atoms with Gasteiger partial charge in [0.25, 0.3) is 0 Å². The van der Waals surface area contributed by atoms with Crippen molar-refractivity contribution in [1.82, 2.24) is 25.2 Å². The summed E-state index contributed by atoms with van der Waals surface area (Å²) < 4.78 is 27.6. The number of hydrogen-bond donors (Lipinski definition) is 1. The number of nitrogens with zero attached hydrogens (tertiary/aromatic N) is 5. The van der Waals surface area contributed by atoms with Gasteiger partial charge in [0.2, 0.25) is 0 Å². The molecule has 0 spiro atoms. The fourth-order valence-electron chi connectivity index (χ4n) is 3.42. The summed E-state index contributed by atoms with van der Waals surface area (Å²) in [6, 6.07) is 16.0. The first kappa shape index (κ1) is 19.0. The summed E-state index contributed by atoms with van der Waals surface area (Å²) in [6.45, 7) is 2.91. The van der Waals surface area contributed by atoms with Crippen molar-refractivity contribution < 1.29 is 8.78 Å². The minimum Gasteiger partial charge on any atom is -0.337 e. The van der Waals surface area contributed by atoms with Crippen LogP contribution in [0.15, 0.2) is 59.7 Å². The Bertz CT molecular complexity index is 1260. The maximum absolute atomic E-state index is 14.1. The molecular weight excluding hydrogens is 398 g/mol. The van der Waals surface area contributed by atoms with E-state index in [-0.39, 0.29) is 11.4 Å². The van der Waals surface area contributed by atoms with Crippen LogP contribution in [0.5, 0.6) is 0 Å². The van der Waals surface area contributed by atoms with Crippen molar-refractivity contribution in [2.45, 2.75) is 20.0 Å². The standard InChI is InChI=1S/C23H18F2N6/c1-14-5-7-15(8-6-14)19-10-9-16(29-30-19)12-31-13-21-20(11-26-31)27-23(28-21)17-3-2-4-18(24)22(17)25/h2-11H,12-13H2,1H3,(H,27,28). The summed E-state index contributed by atoms with van der Waals surface area (Å²) in [5.41, 5.74) is 5.25. The lowest BCUT2D eigenvalue weighted by Gasteiger charge is -2.20. The molecule has 0 atom stereocenters. The molecule has 1 N–H and O–H groups in total. The van der Waals surface area contributed by atoms with Gasteiger partial charge in [-0.3, -0.25) is 5.01 Å². The molecule has 0 unspecified atom stereocenters. The molecule has 0 bridgehead atoms. The molecule has 31 heavy (non-hydrogen) atoms. The van der Waals surface area contributed by atoms with Gasteiger partial charge in [0.1, 0.15) is 5.82 Å². The number of hydrogen-bond acceptors (Lipinski definition) is 5. The largest absolute Gasteiger partial charge is 0.337 e. The third kappa shape index (κ3) is 3.79. The monoisotopic (exact) mass is 416 g/mol. The average Bonchev–Trinajstić information content (AvgIpc) is 3.20. The van der Waals surface area contributed by atoms with Gasteiger partial charge in [0, 0.05) is 5.56 Å². The SMILES string of the molecule is Cc1ccc(-c2ccc(CN3Cc4nc(-c5cccc(F)c5F)[nH]c4C=N3)nn2)cc1. The van der Waals surface area contributed by atoms with Crippen molar-refractivity contribution in [2.24, 2.45) is 5.10 Å². The zero-order chi connectivity index (χ0) is 21.4. The highest BCUT2D eigenvalue weighted by atomic mass is 19.2. The Hall–Kier alpha value is -3.94. The third-order valence-corrected chi connectivity index (χ3v) is 5.11. The maximum Gasteiger partial charge on any atom is 0.169 e. The van der Waals surface area contributed by atoms with Crippen molar-refractivity contribution in [3.8, 4) is 22.6 Å². The molecule has 5 rings (SSSR count). The van der Waals surface area contributed by atoms with Crippen LogP contribution in [-0.2, 0) is 13.1 Å². The van der Waals surface area contributed by atoms with E-state index in [0.29, 0.717) is 24.5 Å². The number of nitrogens with one attached hydrogen (secondary N) is 1. The van der Waals surface area contributed by atoms with E-state index in [2.05, 4.69) is 25.3 Å². The number of benzene rings is 2. The van der Waals surface area contributed by atoms with Gasteiger partial charge in [0.15, 0.2) is 11.6 Å². The van der Waals surface area contributed by atoms with Crippen LogP contribution in [0.2, 0.25) is 0 Å². The van der Waals surface area contributed by atoms with Gasteiger partial charge in [0.05, 0.1) is 47.6 Å². The highest BCUT2D eigenvalue weighted by Crippen LogP contribution is 2.25. The predicted molar refractivity (Wildman–Crippen MR) is 113 cm³/mol. The molecule has 0 radical (unpaired) electrons. The molecule has 6 nitrogen and oxygen atoms in total. The number of aromatic amines is 1. The number of fused-ring (bicyclic) bond motifs is 1. The van der Waals surface area contributed by atoms with Gasteiger partial charge >= 0.3 is 0 Å². The first-order valence-corrected chi connectivity index (χ1v) is 9.78. The second-order valence-electron chi connectivity index (χ2n) is 7.39. The molecule has 0 saturated carbocycles. The fraction of sp³-hybridized carbons (Fsp3) is 0.130. The zero-order valence-corrected chi connectivity index (χ0v) is 16.7. The fourth-order valence-corrected chi connectivity index (χ4v) is 3.42. The van der Waals surface area contributed by atoms with E-state index in [0.717, 1.165) is 23.0 Å². The van der Waals surface area contributed by atoms with E-state index in [1.807, 2.05) is 43.3 Å². The minimum atomic E-state index is -0.925. The number of halogens is 2. The first-order chi connectivity index (χ1) is 15.1. The number of hydrazone groups is 1. The smallest absolute Gasteiger partial charge is 0.169 e. The molecule has 1 aliphatic heterocycles. The molecule has 2 aromatic carbocycles. The van der Waals surface area contributed by atoms with Crippen LogP contribution in [0.4, 0.5) is 8.78 Å². The molecule has 0 fully saturated rings. The number of H-pyrrole nitrogens is 1. The lowest BCUT2D eigenvalue weighted by Crippen LogP contribution is -2.22. The maximum atomic E-state index is 14.1. The van der Waals surface area contributed by atoms with Crippen molar-refractivity contribution in [1.29, 1.82) is 0 Å². The van der Waals surface area contributed by atoms with Crippen LogP contribution in [0, 0.1) is 18.6 Å². The molecule has 0 amide bonds. The number of rotatable bonds is 4. The van der Waals surface area contributed by atoms with E-state index in [9.17, 15) is 8.78 Å². The second kappa shape index (κ2) is 7.71. The van der Waals surface area contributed by atoms with Crippen LogP contribution in [0.1, 0.15) is 22.6 Å². The number of aromatic nitrogens is 4. The van der Waals surface area contributed by atoms with Crippen LogP contribution < -0.4 is 0 Å². The summed E-state index contributed by atoms with van der Waals surface area (Å²) in [5.74, 6) is -1.56. The highest BCUT2D eigenvalue weighted by Gasteiger charge is 2.20. The number of imidazole rings is 1. The second-order valence-corrected chi connectivity index (χ2v) is 7.39. The summed E-state index contributed by atoms with van der Waals surface area (Å²) in [7, 11) is 0. The van der Waals surface area contributed by atoms with Crippen molar-refractivity contribution in [3.05, 3.63) is 88.9 Å². The Balaban J connectivity index is 1.31. The van der Waals surface area contributed by atoms with Gasteiger partial charge in [-0.2, -0.15) is 15.3 Å².